The van der Waals surface area contributed by atoms with E-state index < -0.39 is 0 Å². The fraction of sp³-hybridized carbons (Fsp3) is 0.750. The van der Waals surface area contributed by atoms with Crippen molar-refractivity contribution in [1.82, 2.24) is 15.1 Å². The standard InChI is InChI=1S/C16H27N3S/c1-2-9-19-12-11-18(14-15(19)4-1)10-8-17-7-6-16-5-3-13-20-16/h3,5,13,15,17H,1-2,4,6-12,14H2. The molecule has 2 aliphatic rings. The molecule has 1 atom stereocenters. The first kappa shape index (κ1) is 14.5. The van der Waals surface area contributed by atoms with Crippen molar-refractivity contribution in [2.75, 3.05) is 45.8 Å². The van der Waals surface area contributed by atoms with Crippen LogP contribution in [0, 0.1) is 0 Å². The number of fused-ring (bicyclic) bond motifs is 1. The normalized spacial score (nSPS) is 24.7. The zero-order valence-corrected chi connectivity index (χ0v) is 13.2. The van der Waals surface area contributed by atoms with E-state index in [1.165, 1.54) is 63.3 Å². The molecular formula is C16H27N3S. The number of rotatable bonds is 6. The van der Waals surface area contributed by atoms with Crippen molar-refractivity contribution < 1.29 is 0 Å². The quantitative estimate of drug-likeness (QED) is 0.810. The summed E-state index contributed by atoms with van der Waals surface area (Å²) >= 11 is 1.87. The number of piperidine rings is 1. The Morgan fingerprint density at radius 1 is 1.20 bits per heavy atom. The Labute approximate surface area is 127 Å². The van der Waals surface area contributed by atoms with Crippen molar-refractivity contribution in [1.29, 1.82) is 0 Å². The molecule has 1 aromatic rings. The zero-order chi connectivity index (χ0) is 13.6. The molecule has 3 nitrogen and oxygen atoms in total. The summed E-state index contributed by atoms with van der Waals surface area (Å²) in [7, 11) is 0. The van der Waals surface area contributed by atoms with Gasteiger partial charge >= 0.3 is 0 Å². The van der Waals surface area contributed by atoms with Crippen LogP contribution in [0.1, 0.15) is 24.1 Å². The monoisotopic (exact) mass is 293 g/mol. The summed E-state index contributed by atoms with van der Waals surface area (Å²) in [6.07, 6.45) is 5.45. The summed E-state index contributed by atoms with van der Waals surface area (Å²) in [4.78, 5) is 6.86. The Morgan fingerprint density at radius 2 is 2.20 bits per heavy atom. The molecule has 0 saturated carbocycles. The van der Waals surface area contributed by atoms with Crippen molar-refractivity contribution in [3.63, 3.8) is 0 Å². The predicted octanol–water partition coefficient (Wildman–Crippen LogP) is 2.05. The number of nitrogens with one attached hydrogen (secondary N) is 1. The molecule has 0 aliphatic carbocycles. The molecule has 4 heteroatoms. The van der Waals surface area contributed by atoms with E-state index in [1.54, 1.807) is 0 Å². The van der Waals surface area contributed by atoms with E-state index in [2.05, 4.69) is 32.6 Å². The first-order valence-electron chi connectivity index (χ1n) is 8.11. The van der Waals surface area contributed by atoms with Gasteiger partial charge in [-0.05, 0) is 37.3 Å². The third-order valence-electron chi connectivity index (χ3n) is 4.65. The molecule has 3 heterocycles. The third kappa shape index (κ3) is 4.04. The summed E-state index contributed by atoms with van der Waals surface area (Å²) in [5.41, 5.74) is 0. The van der Waals surface area contributed by atoms with Crippen LogP contribution in [0.2, 0.25) is 0 Å². The molecule has 0 spiro atoms. The molecule has 1 aromatic heterocycles. The highest BCUT2D eigenvalue weighted by Crippen LogP contribution is 2.20. The Balaban J connectivity index is 1.29. The van der Waals surface area contributed by atoms with Crippen LogP contribution in [0.15, 0.2) is 17.5 Å². The summed E-state index contributed by atoms with van der Waals surface area (Å²) in [5, 5.41) is 5.76. The van der Waals surface area contributed by atoms with Gasteiger partial charge in [0.25, 0.3) is 0 Å². The molecule has 0 amide bonds. The molecule has 3 rings (SSSR count). The molecule has 0 bridgehead atoms. The number of thiophene rings is 1. The van der Waals surface area contributed by atoms with Gasteiger partial charge in [-0.3, -0.25) is 9.80 Å². The second-order valence-electron chi connectivity index (χ2n) is 6.07. The number of hydrogen-bond donors (Lipinski definition) is 1. The molecule has 112 valence electrons. The lowest BCUT2D eigenvalue weighted by Gasteiger charge is -2.44. The first-order chi connectivity index (χ1) is 9.92. The van der Waals surface area contributed by atoms with Gasteiger partial charge in [0.15, 0.2) is 0 Å². The Bertz CT molecular complexity index is 379. The minimum absolute atomic E-state index is 0.851. The Morgan fingerprint density at radius 3 is 3.10 bits per heavy atom. The van der Waals surface area contributed by atoms with Crippen molar-refractivity contribution in [3.8, 4) is 0 Å². The number of hydrogen-bond acceptors (Lipinski definition) is 4. The van der Waals surface area contributed by atoms with E-state index in [0.717, 1.165) is 19.1 Å². The average molecular weight is 293 g/mol. The lowest BCUT2D eigenvalue weighted by Crippen LogP contribution is -2.55. The first-order valence-corrected chi connectivity index (χ1v) is 8.99. The largest absolute Gasteiger partial charge is 0.315 e. The summed E-state index contributed by atoms with van der Waals surface area (Å²) in [6.45, 7) is 8.67. The molecule has 2 saturated heterocycles. The second-order valence-corrected chi connectivity index (χ2v) is 7.10. The second kappa shape index (κ2) is 7.55. The van der Waals surface area contributed by atoms with Gasteiger partial charge in [-0.1, -0.05) is 12.5 Å². The average Bonchev–Trinajstić information content (AvgIpc) is 3.00. The van der Waals surface area contributed by atoms with E-state index in [-0.39, 0.29) is 0 Å². The van der Waals surface area contributed by atoms with Crippen LogP contribution in [0.25, 0.3) is 0 Å². The summed E-state index contributed by atoms with van der Waals surface area (Å²) in [6, 6.07) is 5.22. The van der Waals surface area contributed by atoms with Crippen LogP contribution in [0.5, 0.6) is 0 Å². The predicted molar refractivity (Wildman–Crippen MR) is 86.5 cm³/mol. The number of piperazine rings is 1. The maximum atomic E-state index is 3.59. The Hall–Kier alpha value is -0.420. The maximum Gasteiger partial charge on any atom is 0.0223 e. The van der Waals surface area contributed by atoms with Gasteiger partial charge in [0.2, 0.25) is 0 Å². The molecule has 2 aliphatic heterocycles. The highest BCUT2D eigenvalue weighted by atomic mass is 32.1. The zero-order valence-electron chi connectivity index (χ0n) is 12.4. The molecule has 20 heavy (non-hydrogen) atoms. The van der Waals surface area contributed by atoms with E-state index >= 15 is 0 Å². The van der Waals surface area contributed by atoms with Gasteiger partial charge < -0.3 is 5.32 Å². The highest BCUT2D eigenvalue weighted by Gasteiger charge is 2.28. The molecular weight excluding hydrogens is 266 g/mol. The summed E-state index contributed by atoms with van der Waals surface area (Å²) < 4.78 is 0. The fourth-order valence-corrected chi connectivity index (χ4v) is 4.16. The van der Waals surface area contributed by atoms with Gasteiger partial charge in [-0.2, -0.15) is 0 Å². The van der Waals surface area contributed by atoms with Gasteiger partial charge in [-0.25, -0.2) is 0 Å². The van der Waals surface area contributed by atoms with Crippen molar-refractivity contribution >= 4 is 11.3 Å². The SMILES string of the molecule is c1csc(CCNCCN2CCN3CCCCC3C2)c1. The Kier molecular flexibility index (Phi) is 5.48. The topological polar surface area (TPSA) is 18.5 Å². The summed E-state index contributed by atoms with van der Waals surface area (Å²) in [5.74, 6) is 0. The van der Waals surface area contributed by atoms with Crippen LogP contribution >= 0.6 is 11.3 Å². The van der Waals surface area contributed by atoms with Gasteiger partial charge in [-0.15, -0.1) is 11.3 Å². The van der Waals surface area contributed by atoms with Crippen LogP contribution in [-0.4, -0.2) is 61.7 Å². The molecule has 1 unspecified atom stereocenters. The van der Waals surface area contributed by atoms with Gasteiger partial charge in [0.1, 0.15) is 0 Å². The maximum absolute atomic E-state index is 3.59. The van der Waals surface area contributed by atoms with Crippen molar-refractivity contribution in [2.24, 2.45) is 0 Å². The van der Waals surface area contributed by atoms with E-state index in [0.29, 0.717) is 0 Å². The fourth-order valence-electron chi connectivity index (χ4n) is 3.45. The van der Waals surface area contributed by atoms with Gasteiger partial charge in [0.05, 0.1) is 0 Å². The third-order valence-corrected chi connectivity index (χ3v) is 5.59. The number of nitrogens with zero attached hydrogens (tertiary/aromatic N) is 2. The van der Waals surface area contributed by atoms with E-state index in [1.807, 2.05) is 11.3 Å². The lowest BCUT2D eigenvalue weighted by atomic mass is 9.99. The van der Waals surface area contributed by atoms with Crippen LogP contribution < -0.4 is 5.32 Å². The minimum atomic E-state index is 0.851. The van der Waals surface area contributed by atoms with E-state index in [4.69, 9.17) is 0 Å². The van der Waals surface area contributed by atoms with Crippen molar-refractivity contribution in [2.45, 2.75) is 31.7 Å². The molecule has 0 radical (unpaired) electrons. The van der Waals surface area contributed by atoms with E-state index in [9.17, 15) is 0 Å². The minimum Gasteiger partial charge on any atom is -0.315 e. The van der Waals surface area contributed by atoms with Gasteiger partial charge in [0, 0.05) is 50.2 Å². The molecule has 0 aromatic carbocycles. The smallest absolute Gasteiger partial charge is 0.0223 e. The van der Waals surface area contributed by atoms with Crippen LogP contribution in [-0.2, 0) is 6.42 Å². The van der Waals surface area contributed by atoms with Crippen LogP contribution in [0.4, 0.5) is 0 Å². The molecule has 2 fully saturated rings. The lowest BCUT2D eigenvalue weighted by molar-refractivity contribution is 0.0500. The molecule has 1 N–H and O–H groups in total. The van der Waals surface area contributed by atoms with Crippen molar-refractivity contribution in [3.05, 3.63) is 22.4 Å². The van der Waals surface area contributed by atoms with Crippen LogP contribution in [0.3, 0.4) is 0 Å². The highest BCUT2D eigenvalue weighted by molar-refractivity contribution is 7.09.